The van der Waals surface area contributed by atoms with Crippen LogP contribution in [-0.4, -0.2) is 35.6 Å². The van der Waals surface area contributed by atoms with E-state index < -0.39 is 0 Å². The molecule has 3 rings (SSSR count). The Kier molecular flexibility index (Phi) is 3.62. The largest absolute Gasteiger partial charge is 0.491 e. The molecule has 1 aliphatic rings. The molecule has 1 aliphatic heterocycles. The average Bonchev–Trinajstić information content (AvgIpc) is 3.13. The maximum absolute atomic E-state index is 6.01. The first-order valence-corrected chi connectivity index (χ1v) is 7.36. The van der Waals surface area contributed by atoms with Crippen molar-refractivity contribution in [2.45, 2.75) is 26.8 Å². The van der Waals surface area contributed by atoms with Gasteiger partial charge in [-0.3, -0.25) is 9.88 Å². The Morgan fingerprint density at radius 3 is 2.95 bits per heavy atom. The van der Waals surface area contributed by atoms with Gasteiger partial charge in [-0.05, 0) is 37.1 Å². The molecule has 1 aromatic heterocycles. The lowest BCUT2D eigenvalue weighted by molar-refractivity contribution is 0.290. The van der Waals surface area contributed by atoms with E-state index in [4.69, 9.17) is 4.74 Å². The summed E-state index contributed by atoms with van der Waals surface area (Å²) >= 11 is 0. The molecule has 2 atom stereocenters. The molecule has 0 bridgehead atoms. The van der Waals surface area contributed by atoms with Crippen molar-refractivity contribution in [3.05, 3.63) is 36.0 Å². The predicted octanol–water partition coefficient (Wildman–Crippen LogP) is 3.26. The van der Waals surface area contributed by atoms with Crippen LogP contribution in [0, 0.1) is 12.8 Å². The molecule has 2 aromatic rings. The zero-order valence-electron chi connectivity index (χ0n) is 12.5. The van der Waals surface area contributed by atoms with Gasteiger partial charge < -0.3 is 4.74 Å². The Morgan fingerprint density at radius 2 is 2.15 bits per heavy atom. The fourth-order valence-corrected chi connectivity index (χ4v) is 2.61. The van der Waals surface area contributed by atoms with E-state index in [1.165, 1.54) is 13.1 Å². The fraction of sp³-hybridized carbons (Fsp3) is 0.471. The van der Waals surface area contributed by atoms with Crippen LogP contribution in [0.25, 0.3) is 10.9 Å². The van der Waals surface area contributed by atoms with Crippen LogP contribution in [0.3, 0.4) is 0 Å². The highest BCUT2D eigenvalue weighted by Crippen LogP contribution is 2.26. The number of hydrogen-bond donors (Lipinski definition) is 0. The van der Waals surface area contributed by atoms with Gasteiger partial charge in [0, 0.05) is 24.2 Å². The van der Waals surface area contributed by atoms with Crippen LogP contribution >= 0.6 is 0 Å². The van der Waals surface area contributed by atoms with Crippen molar-refractivity contribution >= 4 is 10.9 Å². The highest BCUT2D eigenvalue weighted by Gasteiger charge is 2.34. The summed E-state index contributed by atoms with van der Waals surface area (Å²) in [5.41, 5.74) is 2.05. The molecule has 0 saturated carbocycles. The predicted molar refractivity (Wildman–Crippen MR) is 82.2 cm³/mol. The summed E-state index contributed by atoms with van der Waals surface area (Å²) in [4.78, 5) is 7.01. The maximum Gasteiger partial charge on any atom is 0.128 e. The number of nitrogens with zero attached hydrogens (tertiary/aromatic N) is 2. The van der Waals surface area contributed by atoms with Crippen LogP contribution in [0.1, 0.15) is 19.5 Å². The van der Waals surface area contributed by atoms with Crippen molar-refractivity contribution in [1.29, 1.82) is 0 Å². The second kappa shape index (κ2) is 5.41. The Hall–Kier alpha value is -1.61. The highest BCUT2D eigenvalue weighted by molar-refractivity contribution is 5.85. The van der Waals surface area contributed by atoms with Crippen LogP contribution in [0.5, 0.6) is 5.75 Å². The maximum atomic E-state index is 6.01. The molecular weight excluding hydrogens is 248 g/mol. The fourth-order valence-electron chi connectivity index (χ4n) is 2.61. The van der Waals surface area contributed by atoms with Gasteiger partial charge in [0.15, 0.2) is 0 Å². The normalized spacial score (nSPS) is 21.4. The molecule has 2 heterocycles. The van der Waals surface area contributed by atoms with Gasteiger partial charge in [-0.15, -0.1) is 0 Å². The van der Waals surface area contributed by atoms with Crippen molar-refractivity contribution < 1.29 is 4.74 Å². The third kappa shape index (κ3) is 2.93. The Morgan fingerprint density at radius 1 is 1.30 bits per heavy atom. The molecular formula is C17H22N2O. The zero-order chi connectivity index (χ0) is 14.1. The van der Waals surface area contributed by atoms with E-state index in [1.54, 1.807) is 0 Å². The summed E-state index contributed by atoms with van der Waals surface area (Å²) in [6.07, 6.45) is 0. The van der Waals surface area contributed by atoms with Crippen LogP contribution in [-0.2, 0) is 0 Å². The van der Waals surface area contributed by atoms with Gasteiger partial charge in [-0.2, -0.15) is 0 Å². The van der Waals surface area contributed by atoms with E-state index in [9.17, 15) is 0 Å². The number of fused-ring (bicyclic) bond motifs is 1. The average molecular weight is 270 g/mol. The molecule has 0 aliphatic carbocycles. The molecule has 0 radical (unpaired) electrons. The lowest BCUT2D eigenvalue weighted by Crippen LogP contribution is -2.14. The van der Waals surface area contributed by atoms with Crippen molar-refractivity contribution in [3.8, 4) is 5.75 Å². The number of benzene rings is 1. The van der Waals surface area contributed by atoms with Gasteiger partial charge in [0.05, 0.1) is 11.6 Å². The van der Waals surface area contributed by atoms with Gasteiger partial charge >= 0.3 is 0 Å². The van der Waals surface area contributed by atoms with Gasteiger partial charge in [0.2, 0.25) is 0 Å². The van der Waals surface area contributed by atoms with E-state index in [0.29, 0.717) is 6.04 Å². The first kappa shape index (κ1) is 13.4. The van der Waals surface area contributed by atoms with Gasteiger partial charge in [-0.25, -0.2) is 0 Å². The van der Waals surface area contributed by atoms with E-state index in [-0.39, 0.29) is 0 Å². The topological polar surface area (TPSA) is 25.1 Å². The van der Waals surface area contributed by atoms with Crippen LogP contribution in [0.15, 0.2) is 30.3 Å². The van der Waals surface area contributed by atoms with Crippen molar-refractivity contribution in [2.75, 3.05) is 19.7 Å². The summed E-state index contributed by atoms with van der Waals surface area (Å²) in [6.45, 7) is 9.65. The van der Waals surface area contributed by atoms with Gasteiger partial charge in [0.25, 0.3) is 0 Å². The number of hydrogen-bond acceptors (Lipinski definition) is 3. The summed E-state index contributed by atoms with van der Waals surface area (Å²) in [6, 6.07) is 10.8. The highest BCUT2D eigenvalue weighted by atomic mass is 16.5. The molecule has 3 heteroatoms. The second-order valence-electron chi connectivity index (χ2n) is 6.09. The lowest BCUT2D eigenvalue weighted by Gasteiger charge is -2.10. The minimum absolute atomic E-state index is 0.589. The van der Waals surface area contributed by atoms with Crippen molar-refractivity contribution in [2.24, 2.45) is 5.92 Å². The first-order valence-electron chi connectivity index (χ1n) is 7.36. The van der Waals surface area contributed by atoms with Crippen LogP contribution < -0.4 is 4.74 Å². The van der Waals surface area contributed by atoms with Gasteiger partial charge in [-0.1, -0.05) is 19.9 Å². The van der Waals surface area contributed by atoms with Crippen LogP contribution in [0.2, 0.25) is 0 Å². The van der Waals surface area contributed by atoms with Crippen LogP contribution in [0.4, 0.5) is 0 Å². The molecule has 2 unspecified atom stereocenters. The smallest absolute Gasteiger partial charge is 0.128 e. The Bertz CT molecular complexity index is 609. The number of aromatic nitrogens is 1. The SMILES string of the molecule is Cc1ccc2c(OCC3CN3CC(C)C)cccc2n1. The minimum Gasteiger partial charge on any atom is -0.491 e. The van der Waals surface area contributed by atoms with Gasteiger partial charge in [0.1, 0.15) is 12.4 Å². The quantitative estimate of drug-likeness (QED) is 0.780. The second-order valence-corrected chi connectivity index (χ2v) is 6.09. The molecule has 0 N–H and O–H groups in total. The number of rotatable bonds is 5. The van der Waals surface area contributed by atoms with E-state index in [2.05, 4.69) is 29.8 Å². The lowest BCUT2D eigenvalue weighted by atomic mass is 10.2. The number of aryl methyl sites for hydroxylation is 1. The minimum atomic E-state index is 0.589. The Labute approximate surface area is 120 Å². The molecule has 20 heavy (non-hydrogen) atoms. The molecule has 106 valence electrons. The summed E-state index contributed by atoms with van der Waals surface area (Å²) in [5.74, 6) is 1.68. The van der Waals surface area contributed by atoms with Crippen molar-refractivity contribution in [3.63, 3.8) is 0 Å². The van der Waals surface area contributed by atoms with E-state index in [1.807, 2.05) is 31.2 Å². The number of ether oxygens (including phenoxy) is 1. The standard InChI is InChI=1S/C17H22N2O/c1-12(2)9-19-10-14(19)11-20-17-6-4-5-16-15(17)8-7-13(3)18-16/h4-8,12,14H,9-11H2,1-3H3. The molecule has 1 saturated heterocycles. The van der Waals surface area contributed by atoms with E-state index in [0.717, 1.165) is 34.9 Å². The third-order valence-corrected chi connectivity index (χ3v) is 3.69. The van der Waals surface area contributed by atoms with E-state index >= 15 is 0 Å². The first-order chi connectivity index (χ1) is 9.63. The molecule has 1 fully saturated rings. The molecule has 0 amide bonds. The molecule has 1 aromatic carbocycles. The Balaban J connectivity index is 1.67. The third-order valence-electron chi connectivity index (χ3n) is 3.69. The monoisotopic (exact) mass is 270 g/mol. The zero-order valence-corrected chi connectivity index (χ0v) is 12.5. The summed E-state index contributed by atoms with van der Waals surface area (Å²) in [5, 5.41) is 1.11. The summed E-state index contributed by atoms with van der Waals surface area (Å²) < 4.78 is 6.01. The summed E-state index contributed by atoms with van der Waals surface area (Å²) in [7, 11) is 0. The number of pyridine rings is 1. The molecule has 0 spiro atoms. The molecule has 3 nitrogen and oxygen atoms in total. The van der Waals surface area contributed by atoms with Crippen molar-refractivity contribution in [1.82, 2.24) is 9.88 Å².